The van der Waals surface area contributed by atoms with Crippen LogP contribution in [0, 0.1) is 24.7 Å². The topological polar surface area (TPSA) is 65.8 Å². The quantitative estimate of drug-likeness (QED) is 0.546. The van der Waals surface area contributed by atoms with Gasteiger partial charge < -0.3 is 19.5 Å². The van der Waals surface area contributed by atoms with Crippen molar-refractivity contribution < 1.29 is 14.0 Å². The van der Waals surface area contributed by atoms with E-state index in [0.29, 0.717) is 13.1 Å². The second-order valence-electron chi connectivity index (χ2n) is 11.6. The minimum absolute atomic E-state index is 0.0579. The molecule has 0 saturated heterocycles. The average molecular weight is 478 g/mol. The van der Waals surface area contributed by atoms with Crippen LogP contribution in [0.3, 0.4) is 0 Å². The van der Waals surface area contributed by atoms with Gasteiger partial charge in [-0.1, -0.05) is 30.3 Å². The normalized spacial score (nSPS) is 26.7. The third kappa shape index (κ3) is 5.41. The van der Waals surface area contributed by atoms with Crippen molar-refractivity contribution in [3.63, 3.8) is 0 Å². The van der Waals surface area contributed by atoms with E-state index in [1.807, 2.05) is 63.2 Å². The number of amides is 3. The molecule has 0 radical (unpaired) electrons. The summed E-state index contributed by atoms with van der Waals surface area (Å²) >= 11 is 0. The Morgan fingerprint density at radius 3 is 2.14 bits per heavy atom. The third-order valence-electron chi connectivity index (χ3n) is 8.31. The van der Waals surface area contributed by atoms with Gasteiger partial charge >= 0.3 is 6.03 Å². The number of carbonyl (C=O) groups excluding carboxylic acids is 2. The van der Waals surface area contributed by atoms with Crippen LogP contribution in [0.1, 0.15) is 69.5 Å². The van der Waals surface area contributed by atoms with Gasteiger partial charge in [-0.2, -0.15) is 0 Å². The number of hydrogen-bond donors (Lipinski definition) is 1. The Bertz CT molecular complexity index is 1010. The molecule has 6 heteroatoms. The highest BCUT2D eigenvalue weighted by molar-refractivity contribution is 5.84. The summed E-state index contributed by atoms with van der Waals surface area (Å²) in [6.45, 7) is 6.80. The van der Waals surface area contributed by atoms with Crippen LogP contribution in [0.2, 0.25) is 0 Å². The lowest BCUT2D eigenvalue weighted by molar-refractivity contribution is -0.133. The molecule has 1 aromatic heterocycles. The van der Waals surface area contributed by atoms with E-state index >= 15 is 0 Å². The second kappa shape index (κ2) is 9.71. The molecule has 0 aliphatic heterocycles. The highest BCUT2D eigenvalue weighted by atomic mass is 16.3. The summed E-state index contributed by atoms with van der Waals surface area (Å²) < 4.78 is 5.77. The maximum Gasteiger partial charge on any atom is 0.318 e. The summed E-state index contributed by atoms with van der Waals surface area (Å²) in [6, 6.07) is 13.6. The van der Waals surface area contributed by atoms with Crippen molar-refractivity contribution in [1.82, 2.24) is 15.1 Å². The minimum Gasteiger partial charge on any atom is -0.464 e. The summed E-state index contributed by atoms with van der Waals surface area (Å²) in [5.74, 6) is 3.78. The number of furan rings is 1. The van der Waals surface area contributed by atoms with Crippen molar-refractivity contribution in [3.05, 3.63) is 59.5 Å². The molecule has 1 heterocycles. The lowest BCUT2D eigenvalue weighted by Crippen LogP contribution is -2.63. The van der Waals surface area contributed by atoms with Gasteiger partial charge in [0.05, 0.1) is 6.54 Å². The maximum atomic E-state index is 13.6. The molecule has 6 nitrogen and oxygen atoms in total. The highest BCUT2D eigenvalue weighted by Crippen LogP contribution is 2.55. The fraction of sp³-hybridized carbons (Fsp3) is 0.586. The summed E-state index contributed by atoms with van der Waals surface area (Å²) in [4.78, 5) is 30.7. The van der Waals surface area contributed by atoms with Crippen LogP contribution in [0.25, 0.3) is 0 Å². The second-order valence-corrected chi connectivity index (χ2v) is 11.6. The lowest BCUT2D eigenvalue weighted by Gasteiger charge is -2.57. The largest absolute Gasteiger partial charge is 0.464 e. The van der Waals surface area contributed by atoms with Gasteiger partial charge in [-0.15, -0.1) is 0 Å². The van der Waals surface area contributed by atoms with Crippen molar-refractivity contribution in [2.24, 2.45) is 17.8 Å². The fourth-order valence-corrected chi connectivity index (χ4v) is 7.09. The van der Waals surface area contributed by atoms with E-state index in [-0.39, 0.29) is 30.1 Å². The molecular weight excluding hydrogens is 438 g/mol. The van der Waals surface area contributed by atoms with Crippen LogP contribution < -0.4 is 5.32 Å². The first-order chi connectivity index (χ1) is 16.8. The molecular formula is C29H39N3O3. The van der Waals surface area contributed by atoms with Crippen LogP contribution in [-0.4, -0.2) is 39.9 Å². The van der Waals surface area contributed by atoms with Crippen molar-refractivity contribution in [3.8, 4) is 0 Å². The SMILES string of the molecule is Cc1ccc(CN(Cc2ccccc2)C(=O)CN(C(=O)NC23CC4CC(CC(C4)C2)C3)C(C)C)o1. The fourth-order valence-electron chi connectivity index (χ4n) is 7.09. The molecule has 1 aromatic carbocycles. The number of nitrogens with zero attached hydrogens (tertiary/aromatic N) is 2. The van der Waals surface area contributed by atoms with Crippen molar-refractivity contribution in [2.75, 3.05) is 6.54 Å². The summed E-state index contributed by atoms with van der Waals surface area (Å²) in [7, 11) is 0. The first-order valence-corrected chi connectivity index (χ1v) is 13.2. The molecule has 4 bridgehead atoms. The van der Waals surface area contributed by atoms with Crippen LogP contribution >= 0.6 is 0 Å². The molecule has 4 fully saturated rings. The Kier molecular flexibility index (Phi) is 6.65. The van der Waals surface area contributed by atoms with Gasteiger partial charge in [0.2, 0.25) is 5.91 Å². The number of urea groups is 1. The number of aryl methyl sites for hydroxylation is 1. The number of rotatable bonds is 8. The molecule has 6 rings (SSSR count). The summed E-state index contributed by atoms with van der Waals surface area (Å²) in [5, 5.41) is 3.45. The maximum absolute atomic E-state index is 13.6. The van der Waals surface area contributed by atoms with Crippen LogP contribution in [0.15, 0.2) is 46.9 Å². The molecule has 4 saturated carbocycles. The van der Waals surface area contributed by atoms with Gasteiger partial charge in [0, 0.05) is 18.1 Å². The van der Waals surface area contributed by atoms with E-state index in [9.17, 15) is 9.59 Å². The third-order valence-corrected chi connectivity index (χ3v) is 8.31. The first kappa shape index (κ1) is 24.0. The minimum atomic E-state index is -0.0937. The van der Waals surface area contributed by atoms with Crippen molar-refractivity contribution in [1.29, 1.82) is 0 Å². The molecule has 3 amide bonds. The van der Waals surface area contributed by atoms with E-state index in [4.69, 9.17) is 4.42 Å². The number of hydrogen-bond acceptors (Lipinski definition) is 3. The Labute approximate surface area is 209 Å². The summed E-state index contributed by atoms with van der Waals surface area (Å²) in [6.07, 6.45) is 7.31. The molecule has 2 aromatic rings. The molecule has 0 unspecified atom stereocenters. The van der Waals surface area contributed by atoms with E-state index in [1.165, 1.54) is 19.3 Å². The Hall–Kier alpha value is -2.76. The lowest BCUT2D eigenvalue weighted by atomic mass is 9.53. The Morgan fingerprint density at radius 1 is 0.971 bits per heavy atom. The molecule has 0 atom stereocenters. The molecule has 4 aliphatic carbocycles. The van der Waals surface area contributed by atoms with Crippen molar-refractivity contribution >= 4 is 11.9 Å². The zero-order valence-electron chi connectivity index (χ0n) is 21.3. The van der Waals surface area contributed by atoms with Gasteiger partial charge in [-0.05, 0) is 94.7 Å². The zero-order chi connectivity index (χ0) is 24.6. The predicted octanol–water partition coefficient (Wildman–Crippen LogP) is 5.51. The predicted molar refractivity (Wildman–Crippen MR) is 135 cm³/mol. The van der Waals surface area contributed by atoms with Gasteiger partial charge in [-0.3, -0.25) is 4.79 Å². The Morgan fingerprint density at radius 2 is 1.60 bits per heavy atom. The number of benzene rings is 1. The highest BCUT2D eigenvalue weighted by Gasteiger charge is 2.52. The molecule has 188 valence electrons. The monoisotopic (exact) mass is 477 g/mol. The van der Waals surface area contributed by atoms with Crippen LogP contribution in [0.5, 0.6) is 0 Å². The van der Waals surface area contributed by atoms with E-state index in [0.717, 1.165) is 54.1 Å². The standard InChI is InChI=1S/C29H39N3O3/c1-20(2)32(28(34)30-29-14-23-11-24(15-29)13-25(12-23)16-29)19-27(33)31(17-22-7-5-4-6-8-22)18-26-10-9-21(3)35-26/h4-10,20,23-25H,11-19H2,1-3H3,(H,30,34). The number of nitrogens with one attached hydrogen (secondary N) is 1. The molecule has 0 spiro atoms. The van der Waals surface area contributed by atoms with Crippen LogP contribution in [0.4, 0.5) is 4.79 Å². The summed E-state index contributed by atoms with van der Waals surface area (Å²) in [5.41, 5.74) is 0.982. The van der Waals surface area contributed by atoms with Gasteiger partial charge in [-0.25, -0.2) is 4.79 Å². The number of carbonyl (C=O) groups is 2. The van der Waals surface area contributed by atoms with E-state index < -0.39 is 0 Å². The molecule has 35 heavy (non-hydrogen) atoms. The van der Waals surface area contributed by atoms with Crippen molar-refractivity contribution in [2.45, 2.75) is 84.0 Å². The molecule has 4 aliphatic rings. The van der Waals surface area contributed by atoms with Gasteiger partial charge in [0.25, 0.3) is 0 Å². The smallest absolute Gasteiger partial charge is 0.318 e. The Balaban J connectivity index is 1.29. The average Bonchev–Trinajstić information content (AvgIpc) is 3.20. The van der Waals surface area contributed by atoms with Gasteiger partial charge in [0.1, 0.15) is 18.1 Å². The van der Waals surface area contributed by atoms with E-state index in [1.54, 1.807) is 9.80 Å². The zero-order valence-corrected chi connectivity index (χ0v) is 21.3. The van der Waals surface area contributed by atoms with Gasteiger partial charge in [0.15, 0.2) is 0 Å². The van der Waals surface area contributed by atoms with Crippen LogP contribution in [-0.2, 0) is 17.9 Å². The first-order valence-electron chi connectivity index (χ1n) is 13.2. The van der Waals surface area contributed by atoms with E-state index in [2.05, 4.69) is 5.32 Å². The molecule has 1 N–H and O–H groups in total.